The van der Waals surface area contributed by atoms with Crippen LogP contribution in [0.2, 0.25) is 0 Å². The first kappa shape index (κ1) is 14.3. The molecule has 0 amide bonds. The lowest BCUT2D eigenvalue weighted by atomic mass is 9.90. The van der Waals surface area contributed by atoms with E-state index < -0.39 is 0 Å². The van der Waals surface area contributed by atoms with Crippen LogP contribution in [0.5, 0.6) is 0 Å². The smallest absolute Gasteiger partial charge is 0.0474 e. The van der Waals surface area contributed by atoms with E-state index in [0.717, 1.165) is 25.3 Å². The van der Waals surface area contributed by atoms with E-state index in [4.69, 9.17) is 9.47 Å². The molecule has 0 saturated carbocycles. The monoisotopic (exact) mass is 256 g/mol. The first-order chi connectivity index (χ1) is 8.85. The SMILES string of the molecule is COCCCN1CC2CCC1CN2CCCOC. The Balaban J connectivity index is 1.72. The summed E-state index contributed by atoms with van der Waals surface area (Å²) in [6.07, 6.45) is 5.11. The molecule has 3 saturated heterocycles. The van der Waals surface area contributed by atoms with Gasteiger partial charge in [-0.2, -0.15) is 0 Å². The van der Waals surface area contributed by atoms with Crippen LogP contribution in [0.1, 0.15) is 25.7 Å². The molecular formula is C14H28N2O2. The van der Waals surface area contributed by atoms with Gasteiger partial charge < -0.3 is 9.47 Å². The average Bonchev–Trinajstić information content (AvgIpc) is 2.41. The van der Waals surface area contributed by atoms with Crippen molar-refractivity contribution in [3.8, 4) is 0 Å². The lowest BCUT2D eigenvalue weighted by Gasteiger charge is -2.51. The molecule has 0 spiro atoms. The van der Waals surface area contributed by atoms with Gasteiger partial charge in [0.25, 0.3) is 0 Å². The zero-order chi connectivity index (χ0) is 12.8. The fourth-order valence-electron chi connectivity index (χ4n) is 3.37. The number of rotatable bonds is 8. The minimum absolute atomic E-state index is 0.786. The van der Waals surface area contributed by atoms with Gasteiger partial charge in [0.2, 0.25) is 0 Å². The molecule has 0 radical (unpaired) electrons. The second-order valence-corrected chi connectivity index (χ2v) is 5.57. The third kappa shape index (κ3) is 3.67. The molecule has 3 aliphatic heterocycles. The summed E-state index contributed by atoms with van der Waals surface area (Å²) in [6, 6.07) is 1.57. The van der Waals surface area contributed by atoms with Crippen LogP contribution in [0.4, 0.5) is 0 Å². The van der Waals surface area contributed by atoms with Crippen LogP contribution in [-0.2, 0) is 9.47 Å². The number of methoxy groups -OCH3 is 2. The quantitative estimate of drug-likeness (QED) is 0.609. The summed E-state index contributed by atoms with van der Waals surface area (Å²) in [7, 11) is 3.58. The molecule has 2 atom stereocenters. The number of hydrogen-bond donors (Lipinski definition) is 0. The summed E-state index contributed by atoms with van der Waals surface area (Å²) in [5.41, 5.74) is 0. The van der Waals surface area contributed by atoms with Crippen molar-refractivity contribution in [3.63, 3.8) is 0 Å². The molecule has 18 heavy (non-hydrogen) atoms. The highest BCUT2D eigenvalue weighted by molar-refractivity contribution is 4.94. The van der Waals surface area contributed by atoms with Gasteiger partial charge in [0, 0.05) is 65.7 Å². The summed E-state index contributed by atoms with van der Waals surface area (Å²) in [5.74, 6) is 0. The van der Waals surface area contributed by atoms with Crippen LogP contribution >= 0.6 is 0 Å². The minimum Gasteiger partial charge on any atom is -0.385 e. The fraction of sp³-hybridized carbons (Fsp3) is 1.00. The van der Waals surface area contributed by atoms with Crippen LogP contribution in [0, 0.1) is 0 Å². The van der Waals surface area contributed by atoms with Crippen molar-refractivity contribution < 1.29 is 9.47 Å². The zero-order valence-electron chi connectivity index (χ0n) is 11.9. The molecule has 3 rings (SSSR count). The maximum absolute atomic E-state index is 5.15. The third-order valence-electron chi connectivity index (χ3n) is 4.34. The predicted molar refractivity (Wildman–Crippen MR) is 72.9 cm³/mol. The van der Waals surface area contributed by atoms with Crippen LogP contribution < -0.4 is 0 Å². The summed E-state index contributed by atoms with van der Waals surface area (Å²) in [6.45, 7) is 6.74. The van der Waals surface area contributed by atoms with Crippen molar-refractivity contribution in [1.82, 2.24) is 9.80 Å². The Morgan fingerprint density at radius 2 is 1.28 bits per heavy atom. The number of piperazine rings is 1. The molecular weight excluding hydrogens is 228 g/mol. The van der Waals surface area contributed by atoms with E-state index in [2.05, 4.69) is 9.80 Å². The second kappa shape index (κ2) is 7.43. The predicted octanol–water partition coefficient (Wildman–Crippen LogP) is 1.21. The van der Waals surface area contributed by atoms with Gasteiger partial charge in [-0.1, -0.05) is 0 Å². The van der Waals surface area contributed by atoms with E-state index in [9.17, 15) is 0 Å². The van der Waals surface area contributed by atoms with Gasteiger partial charge in [-0.05, 0) is 25.7 Å². The number of nitrogens with zero attached hydrogens (tertiary/aromatic N) is 2. The lowest BCUT2D eigenvalue weighted by Crippen LogP contribution is -2.62. The molecule has 2 bridgehead atoms. The Labute approximate surface area is 111 Å². The molecule has 0 aliphatic carbocycles. The van der Waals surface area contributed by atoms with Crippen LogP contribution in [0.3, 0.4) is 0 Å². The molecule has 0 aromatic carbocycles. The Bertz CT molecular complexity index is 214. The number of piperidine rings is 2. The van der Waals surface area contributed by atoms with Gasteiger partial charge in [0.05, 0.1) is 0 Å². The Morgan fingerprint density at radius 1 is 0.833 bits per heavy atom. The highest BCUT2D eigenvalue weighted by Crippen LogP contribution is 2.28. The fourth-order valence-corrected chi connectivity index (χ4v) is 3.37. The van der Waals surface area contributed by atoms with E-state index in [1.807, 2.05) is 0 Å². The highest BCUT2D eigenvalue weighted by atomic mass is 16.5. The Kier molecular flexibility index (Phi) is 5.89. The van der Waals surface area contributed by atoms with Crippen molar-refractivity contribution in [3.05, 3.63) is 0 Å². The second-order valence-electron chi connectivity index (χ2n) is 5.57. The molecule has 3 aliphatic rings. The Morgan fingerprint density at radius 3 is 1.61 bits per heavy atom. The van der Waals surface area contributed by atoms with Gasteiger partial charge in [-0.15, -0.1) is 0 Å². The lowest BCUT2D eigenvalue weighted by molar-refractivity contribution is -0.0258. The van der Waals surface area contributed by atoms with E-state index >= 15 is 0 Å². The van der Waals surface area contributed by atoms with E-state index in [-0.39, 0.29) is 0 Å². The van der Waals surface area contributed by atoms with Gasteiger partial charge >= 0.3 is 0 Å². The largest absolute Gasteiger partial charge is 0.385 e. The van der Waals surface area contributed by atoms with Gasteiger partial charge in [0.15, 0.2) is 0 Å². The minimum atomic E-state index is 0.786. The average molecular weight is 256 g/mol. The van der Waals surface area contributed by atoms with Crippen molar-refractivity contribution in [1.29, 1.82) is 0 Å². The molecule has 4 nitrogen and oxygen atoms in total. The standard InChI is InChI=1S/C14H28N2O2/c1-17-9-3-7-15-11-14-6-5-13(15)12-16(14)8-4-10-18-2/h13-14H,3-12H2,1-2H3. The van der Waals surface area contributed by atoms with Crippen molar-refractivity contribution >= 4 is 0 Å². The van der Waals surface area contributed by atoms with Crippen molar-refractivity contribution in [2.75, 3.05) is 53.6 Å². The first-order valence-electron chi connectivity index (χ1n) is 7.31. The maximum atomic E-state index is 5.15. The normalized spacial score (nSPS) is 29.0. The number of hydrogen-bond acceptors (Lipinski definition) is 4. The zero-order valence-corrected chi connectivity index (χ0v) is 11.9. The summed E-state index contributed by atoms with van der Waals surface area (Å²) >= 11 is 0. The molecule has 3 heterocycles. The molecule has 0 N–H and O–H groups in total. The third-order valence-corrected chi connectivity index (χ3v) is 4.34. The Hall–Kier alpha value is -0.160. The van der Waals surface area contributed by atoms with Crippen molar-refractivity contribution in [2.45, 2.75) is 37.8 Å². The number of fused-ring (bicyclic) bond motifs is 3. The summed E-state index contributed by atoms with van der Waals surface area (Å²) < 4.78 is 10.3. The summed E-state index contributed by atoms with van der Waals surface area (Å²) in [5, 5.41) is 0. The summed E-state index contributed by atoms with van der Waals surface area (Å²) in [4.78, 5) is 5.36. The van der Waals surface area contributed by atoms with Crippen molar-refractivity contribution in [2.24, 2.45) is 0 Å². The first-order valence-corrected chi connectivity index (χ1v) is 7.31. The van der Waals surface area contributed by atoms with E-state index in [1.165, 1.54) is 51.9 Å². The van der Waals surface area contributed by atoms with Gasteiger partial charge in [-0.25, -0.2) is 0 Å². The van der Waals surface area contributed by atoms with Gasteiger partial charge in [-0.3, -0.25) is 9.80 Å². The molecule has 106 valence electrons. The maximum Gasteiger partial charge on any atom is 0.0474 e. The van der Waals surface area contributed by atoms with Crippen LogP contribution in [0.25, 0.3) is 0 Å². The van der Waals surface area contributed by atoms with E-state index in [1.54, 1.807) is 14.2 Å². The van der Waals surface area contributed by atoms with E-state index in [0.29, 0.717) is 0 Å². The van der Waals surface area contributed by atoms with Gasteiger partial charge in [0.1, 0.15) is 0 Å². The topological polar surface area (TPSA) is 24.9 Å². The molecule has 0 aromatic rings. The molecule has 3 fully saturated rings. The molecule has 0 aromatic heterocycles. The highest BCUT2D eigenvalue weighted by Gasteiger charge is 2.37. The van der Waals surface area contributed by atoms with Crippen LogP contribution in [0.15, 0.2) is 0 Å². The number of ether oxygens (including phenoxy) is 2. The van der Waals surface area contributed by atoms with Crippen LogP contribution in [-0.4, -0.2) is 75.5 Å². The molecule has 2 unspecified atom stereocenters. The molecule has 4 heteroatoms.